The number of sulfonamides is 1. The minimum absolute atomic E-state index is 0.0728. The zero-order chi connectivity index (χ0) is 15.3. The number of aliphatic hydroxyl groups excluding tert-OH is 1. The molecule has 2 unspecified atom stereocenters. The molecule has 112 valence electrons. The molecule has 0 heterocycles. The van der Waals surface area contributed by atoms with Crippen molar-refractivity contribution in [3.05, 3.63) is 29.8 Å². The van der Waals surface area contributed by atoms with E-state index >= 15 is 0 Å². The number of carbonyl (C=O) groups is 1. The Bertz CT molecular complexity index is 553. The summed E-state index contributed by atoms with van der Waals surface area (Å²) in [5.74, 6) is -1.17. The van der Waals surface area contributed by atoms with E-state index in [0.717, 1.165) is 0 Å². The second kappa shape index (κ2) is 6.83. The van der Waals surface area contributed by atoms with Crippen molar-refractivity contribution in [2.24, 2.45) is 5.92 Å². The first-order valence-electron chi connectivity index (χ1n) is 6.20. The fraction of sp³-hybridized carbons (Fsp3) is 0.462. The predicted octanol–water partition coefficient (Wildman–Crippen LogP) is 0.609. The van der Waals surface area contributed by atoms with E-state index in [2.05, 4.69) is 4.72 Å². The van der Waals surface area contributed by atoms with Crippen LogP contribution >= 0.6 is 0 Å². The van der Waals surface area contributed by atoms with Crippen LogP contribution in [0.1, 0.15) is 19.4 Å². The van der Waals surface area contributed by atoms with E-state index < -0.39 is 22.0 Å². The van der Waals surface area contributed by atoms with Crippen LogP contribution in [0, 0.1) is 5.92 Å². The molecular formula is C13H19NO5S. The first-order chi connectivity index (χ1) is 9.26. The summed E-state index contributed by atoms with van der Waals surface area (Å²) in [4.78, 5) is 10.6. The van der Waals surface area contributed by atoms with Crippen LogP contribution in [0.3, 0.4) is 0 Å². The van der Waals surface area contributed by atoms with Gasteiger partial charge in [0.15, 0.2) is 0 Å². The number of aliphatic hydroxyl groups is 1. The summed E-state index contributed by atoms with van der Waals surface area (Å²) in [6.45, 7) is 3.31. The molecule has 1 rings (SSSR count). The van der Waals surface area contributed by atoms with E-state index in [4.69, 9.17) is 10.2 Å². The van der Waals surface area contributed by atoms with Gasteiger partial charge in [0.2, 0.25) is 10.0 Å². The zero-order valence-electron chi connectivity index (χ0n) is 11.4. The van der Waals surface area contributed by atoms with Crippen molar-refractivity contribution in [3.8, 4) is 0 Å². The molecule has 2 atom stereocenters. The minimum atomic E-state index is -3.67. The van der Waals surface area contributed by atoms with Crippen molar-refractivity contribution >= 4 is 16.0 Å². The molecule has 6 nitrogen and oxygen atoms in total. The van der Waals surface area contributed by atoms with Gasteiger partial charge in [0.05, 0.1) is 11.3 Å². The molecule has 3 N–H and O–H groups in total. The fourth-order valence-electron chi connectivity index (χ4n) is 1.55. The molecule has 1 aromatic rings. The zero-order valence-corrected chi connectivity index (χ0v) is 12.2. The number of rotatable bonds is 7. The standard InChI is InChI=1S/C13H19NO5S/c1-9(8-15)10(2)14-20(18,19)12-5-3-11(4-6-12)7-13(16)17/h3-6,9-10,14-15H,7-8H2,1-2H3,(H,16,17). The maximum atomic E-state index is 12.1. The third-order valence-corrected chi connectivity index (χ3v) is 4.65. The summed E-state index contributed by atoms with van der Waals surface area (Å²) in [6.07, 6.45) is -0.147. The summed E-state index contributed by atoms with van der Waals surface area (Å²) in [6, 6.07) is 5.29. The van der Waals surface area contributed by atoms with Gasteiger partial charge in [-0.05, 0) is 30.5 Å². The molecule has 0 fully saturated rings. The van der Waals surface area contributed by atoms with Crippen LogP contribution < -0.4 is 4.72 Å². The summed E-state index contributed by atoms with van der Waals surface area (Å²) in [7, 11) is -3.67. The number of hydrogen-bond acceptors (Lipinski definition) is 4. The van der Waals surface area contributed by atoms with Crippen molar-refractivity contribution in [1.29, 1.82) is 0 Å². The highest BCUT2D eigenvalue weighted by atomic mass is 32.2. The number of carboxylic acid groups (broad SMARTS) is 1. The SMILES string of the molecule is CC(CO)C(C)NS(=O)(=O)c1ccc(CC(=O)O)cc1. The summed E-state index contributed by atoms with van der Waals surface area (Å²) < 4.78 is 26.7. The van der Waals surface area contributed by atoms with Gasteiger partial charge in [-0.25, -0.2) is 13.1 Å². The lowest BCUT2D eigenvalue weighted by atomic mass is 10.1. The highest BCUT2D eigenvalue weighted by Gasteiger charge is 2.20. The molecule has 0 radical (unpaired) electrons. The summed E-state index contributed by atoms with van der Waals surface area (Å²) in [5, 5.41) is 17.7. The van der Waals surface area contributed by atoms with E-state index in [1.54, 1.807) is 13.8 Å². The molecule has 0 aliphatic rings. The van der Waals surface area contributed by atoms with Gasteiger partial charge in [-0.2, -0.15) is 0 Å². The first-order valence-corrected chi connectivity index (χ1v) is 7.68. The number of aliphatic carboxylic acids is 1. The predicted molar refractivity (Wildman–Crippen MR) is 73.8 cm³/mol. The number of benzene rings is 1. The van der Waals surface area contributed by atoms with Crippen LogP contribution in [0.5, 0.6) is 0 Å². The van der Waals surface area contributed by atoms with Crippen LogP contribution in [-0.2, 0) is 21.2 Å². The smallest absolute Gasteiger partial charge is 0.307 e. The Hall–Kier alpha value is -1.44. The van der Waals surface area contributed by atoms with Gasteiger partial charge in [-0.1, -0.05) is 19.1 Å². The molecule has 0 bridgehead atoms. The van der Waals surface area contributed by atoms with E-state index in [0.29, 0.717) is 5.56 Å². The quantitative estimate of drug-likeness (QED) is 0.684. The van der Waals surface area contributed by atoms with E-state index in [1.165, 1.54) is 24.3 Å². The summed E-state index contributed by atoms with van der Waals surface area (Å²) in [5.41, 5.74) is 0.535. The Morgan fingerprint density at radius 2 is 1.80 bits per heavy atom. The third kappa shape index (κ3) is 4.59. The van der Waals surface area contributed by atoms with Gasteiger partial charge < -0.3 is 10.2 Å². The van der Waals surface area contributed by atoms with Gasteiger partial charge in [-0.3, -0.25) is 4.79 Å². The molecular weight excluding hydrogens is 282 g/mol. The Labute approximate surface area is 118 Å². The largest absolute Gasteiger partial charge is 0.481 e. The van der Waals surface area contributed by atoms with Crippen molar-refractivity contribution in [3.63, 3.8) is 0 Å². The van der Waals surface area contributed by atoms with Crippen LogP contribution in [0.4, 0.5) is 0 Å². The second-order valence-corrected chi connectivity index (χ2v) is 6.50. The van der Waals surface area contributed by atoms with Gasteiger partial charge in [0.25, 0.3) is 0 Å². The van der Waals surface area contributed by atoms with Crippen LogP contribution in [0.15, 0.2) is 29.2 Å². The van der Waals surface area contributed by atoms with E-state index in [-0.39, 0.29) is 23.8 Å². The molecule has 0 spiro atoms. The van der Waals surface area contributed by atoms with Crippen LogP contribution in [0.25, 0.3) is 0 Å². The van der Waals surface area contributed by atoms with Gasteiger partial charge in [-0.15, -0.1) is 0 Å². The van der Waals surface area contributed by atoms with E-state index in [9.17, 15) is 13.2 Å². The highest BCUT2D eigenvalue weighted by molar-refractivity contribution is 7.89. The monoisotopic (exact) mass is 301 g/mol. The Morgan fingerprint density at radius 3 is 2.25 bits per heavy atom. The molecule has 1 aromatic carbocycles. The third-order valence-electron chi connectivity index (χ3n) is 3.07. The molecule has 0 aromatic heterocycles. The minimum Gasteiger partial charge on any atom is -0.481 e. The lowest BCUT2D eigenvalue weighted by molar-refractivity contribution is -0.136. The Morgan fingerprint density at radius 1 is 1.25 bits per heavy atom. The van der Waals surface area contributed by atoms with Crippen LogP contribution in [-0.4, -0.2) is 37.2 Å². The molecule has 0 saturated carbocycles. The number of carboxylic acids is 1. The van der Waals surface area contributed by atoms with Gasteiger partial charge in [0, 0.05) is 12.6 Å². The maximum absolute atomic E-state index is 12.1. The van der Waals surface area contributed by atoms with E-state index in [1.807, 2.05) is 0 Å². The van der Waals surface area contributed by atoms with Crippen molar-refractivity contribution < 1.29 is 23.4 Å². The van der Waals surface area contributed by atoms with Crippen molar-refractivity contribution in [2.75, 3.05) is 6.61 Å². The average molecular weight is 301 g/mol. The highest BCUT2D eigenvalue weighted by Crippen LogP contribution is 2.13. The van der Waals surface area contributed by atoms with Crippen molar-refractivity contribution in [1.82, 2.24) is 4.72 Å². The summed E-state index contributed by atoms with van der Waals surface area (Å²) >= 11 is 0. The molecule has 7 heteroatoms. The second-order valence-electron chi connectivity index (χ2n) is 4.78. The fourth-order valence-corrected chi connectivity index (χ4v) is 2.90. The Kier molecular flexibility index (Phi) is 5.67. The van der Waals surface area contributed by atoms with Gasteiger partial charge >= 0.3 is 5.97 Å². The lowest BCUT2D eigenvalue weighted by Crippen LogP contribution is -2.38. The number of hydrogen-bond donors (Lipinski definition) is 3. The number of nitrogens with one attached hydrogen (secondary N) is 1. The molecule has 0 aliphatic carbocycles. The average Bonchev–Trinajstić information content (AvgIpc) is 2.37. The van der Waals surface area contributed by atoms with Crippen molar-refractivity contribution in [2.45, 2.75) is 31.2 Å². The normalized spacial score (nSPS) is 14.8. The van der Waals surface area contributed by atoms with Gasteiger partial charge in [0.1, 0.15) is 0 Å². The van der Waals surface area contributed by atoms with Crippen LogP contribution in [0.2, 0.25) is 0 Å². The molecule has 0 aliphatic heterocycles. The first kappa shape index (κ1) is 16.6. The molecule has 0 amide bonds. The molecule has 20 heavy (non-hydrogen) atoms. The molecule has 0 saturated heterocycles. The lowest BCUT2D eigenvalue weighted by Gasteiger charge is -2.19. The topological polar surface area (TPSA) is 104 Å². The Balaban J connectivity index is 2.85. The maximum Gasteiger partial charge on any atom is 0.307 e.